The lowest BCUT2D eigenvalue weighted by atomic mass is 10.3. The zero-order valence-electron chi connectivity index (χ0n) is 13.2. The molecule has 8 heteroatoms. The maximum Gasteiger partial charge on any atom is 0.179 e. The van der Waals surface area contributed by atoms with Gasteiger partial charge in [0.05, 0.1) is 0 Å². The number of sulfone groups is 1. The lowest BCUT2D eigenvalue weighted by Crippen LogP contribution is -2.47. The summed E-state index contributed by atoms with van der Waals surface area (Å²) in [6, 6.07) is 5.22. The van der Waals surface area contributed by atoms with Crippen molar-refractivity contribution in [1.29, 1.82) is 0 Å². The van der Waals surface area contributed by atoms with Gasteiger partial charge >= 0.3 is 0 Å². The van der Waals surface area contributed by atoms with Gasteiger partial charge in [0, 0.05) is 50.4 Å². The van der Waals surface area contributed by atoms with Gasteiger partial charge in [-0.05, 0) is 19.1 Å². The van der Waals surface area contributed by atoms with Crippen LogP contribution in [0.3, 0.4) is 0 Å². The van der Waals surface area contributed by atoms with Gasteiger partial charge in [0.15, 0.2) is 9.84 Å². The van der Waals surface area contributed by atoms with E-state index in [1.165, 1.54) is 6.26 Å². The fraction of sp³-hybridized carbons (Fsp3) is 0.400. The summed E-state index contributed by atoms with van der Waals surface area (Å²) < 4.78 is 23.9. The minimum Gasteiger partial charge on any atom is -0.353 e. The molecule has 2 aromatic rings. The summed E-state index contributed by atoms with van der Waals surface area (Å²) in [6.45, 7) is 4.85. The van der Waals surface area contributed by atoms with Gasteiger partial charge in [0.1, 0.15) is 22.9 Å². The number of hydrogen-bond acceptors (Lipinski definition) is 7. The van der Waals surface area contributed by atoms with E-state index in [9.17, 15) is 8.42 Å². The van der Waals surface area contributed by atoms with Crippen molar-refractivity contribution in [3.8, 4) is 0 Å². The molecule has 0 bridgehead atoms. The summed E-state index contributed by atoms with van der Waals surface area (Å²) in [5.41, 5.74) is 0.932. The second kappa shape index (κ2) is 6.11. The molecule has 0 amide bonds. The van der Waals surface area contributed by atoms with Crippen molar-refractivity contribution in [2.24, 2.45) is 0 Å². The minimum atomic E-state index is -3.29. The van der Waals surface area contributed by atoms with E-state index in [0.29, 0.717) is 18.9 Å². The molecule has 3 heterocycles. The Morgan fingerprint density at radius 2 is 1.74 bits per heavy atom. The van der Waals surface area contributed by atoms with E-state index in [1.54, 1.807) is 24.7 Å². The number of aromatic nitrogens is 3. The first-order chi connectivity index (χ1) is 10.9. The minimum absolute atomic E-state index is 0.284. The Kier molecular flexibility index (Phi) is 4.16. The molecular formula is C15H19N5O2S. The first-order valence-corrected chi connectivity index (χ1v) is 9.28. The third-order valence-electron chi connectivity index (χ3n) is 3.84. The number of pyridine rings is 1. The fourth-order valence-electron chi connectivity index (χ4n) is 2.67. The molecule has 0 aromatic carbocycles. The zero-order chi connectivity index (χ0) is 16.4. The highest BCUT2D eigenvalue weighted by Crippen LogP contribution is 2.24. The second-order valence-electron chi connectivity index (χ2n) is 5.59. The molecule has 23 heavy (non-hydrogen) atoms. The Morgan fingerprint density at radius 1 is 1.04 bits per heavy atom. The fourth-order valence-corrected chi connectivity index (χ4v) is 3.51. The smallest absolute Gasteiger partial charge is 0.179 e. The van der Waals surface area contributed by atoms with Crippen LogP contribution < -0.4 is 9.80 Å². The number of anilines is 2. The quantitative estimate of drug-likeness (QED) is 0.826. The van der Waals surface area contributed by atoms with Crippen molar-refractivity contribution in [2.75, 3.05) is 42.2 Å². The van der Waals surface area contributed by atoms with E-state index in [0.717, 1.165) is 24.6 Å². The first kappa shape index (κ1) is 15.7. The van der Waals surface area contributed by atoms with Crippen LogP contribution in [-0.4, -0.2) is 55.8 Å². The van der Waals surface area contributed by atoms with Gasteiger partial charge in [-0.25, -0.2) is 23.4 Å². The summed E-state index contributed by atoms with van der Waals surface area (Å²) >= 11 is 0. The molecule has 1 fully saturated rings. The van der Waals surface area contributed by atoms with Gasteiger partial charge in [0.2, 0.25) is 0 Å². The van der Waals surface area contributed by atoms with Gasteiger partial charge in [-0.3, -0.25) is 0 Å². The van der Waals surface area contributed by atoms with E-state index < -0.39 is 9.84 Å². The summed E-state index contributed by atoms with van der Waals surface area (Å²) in [5.74, 6) is 1.44. The van der Waals surface area contributed by atoms with E-state index in [-0.39, 0.29) is 4.90 Å². The van der Waals surface area contributed by atoms with Crippen LogP contribution in [-0.2, 0) is 9.84 Å². The summed E-state index contributed by atoms with van der Waals surface area (Å²) in [7, 11) is -3.29. The summed E-state index contributed by atoms with van der Waals surface area (Å²) in [4.78, 5) is 17.2. The van der Waals surface area contributed by atoms with E-state index >= 15 is 0 Å². The lowest BCUT2D eigenvalue weighted by Gasteiger charge is -2.36. The molecule has 1 aliphatic rings. The van der Waals surface area contributed by atoms with Gasteiger partial charge in [-0.15, -0.1) is 0 Å². The van der Waals surface area contributed by atoms with Crippen LogP contribution in [0.15, 0.2) is 35.6 Å². The molecule has 0 spiro atoms. The van der Waals surface area contributed by atoms with E-state index in [1.807, 2.05) is 17.9 Å². The maximum atomic E-state index is 11.9. The molecule has 0 unspecified atom stereocenters. The Hall–Kier alpha value is -2.22. The molecule has 0 saturated carbocycles. The van der Waals surface area contributed by atoms with Crippen molar-refractivity contribution >= 4 is 21.5 Å². The normalized spacial score (nSPS) is 15.7. The van der Waals surface area contributed by atoms with Crippen molar-refractivity contribution in [3.63, 3.8) is 0 Å². The van der Waals surface area contributed by atoms with E-state index in [4.69, 9.17) is 0 Å². The monoisotopic (exact) mass is 333 g/mol. The molecule has 2 aromatic heterocycles. The molecule has 7 nitrogen and oxygen atoms in total. The molecule has 1 aliphatic heterocycles. The van der Waals surface area contributed by atoms with Crippen molar-refractivity contribution in [2.45, 2.75) is 11.8 Å². The van der Waals surface area contributed by atoms with Crippen molar-refractivity contribution < 1.29 is 8.42 Å². The molecule has 3 rings (SSSR count). The van der Waals surface area contributed by atoms with E-state index in [2.05, 4.69) is 19.9 Å². The third kappa shape index (κ3) is 3.42. The SMILES string of the molecule is Cc1cc(N2CCN(c3ncccc3S(C)(=O)=O)CC2)ncn1. The van der Waals surface area contributed by atoms with Crippen LogP contribution in [0, 0.1) is 6.92 Å². The van der Waals surface area contributed by atoms with Crippen molar-refractivity contribution in [1.82, 2.24) is 15.0 Å². The summed E-state index contributed by atoms with van der Waals surface area (Å²) in [6.07, 6.45) is 4.41. The first-order valence-electron chi connectivity index (χ1n) is 7.39. The van der Waals surface area contributed by atoms with Crippen LogP contribution in [0.25, 0.3) is 0 Å². The Bertz CT molecular complexity index is 801. The topological polar surface area (TPSA) is 79.3 Å². The average molecular weight is 333 g/mol. The molecule has 0 radical (unpaired) electrons. The van der Waals surface area contributed by atoms with Crippen LogP contribution in [0.4, 0.5) is 11.6 Å². The predicted molar refractivity (Wildman–Crippen MR) is 88.5 cm³/mol. The standard InChI is InChI=1S/C15H19N5O2S/c1-12-10-14(18-11-17-12)19-6-8-20(9-7-19)15-13(23(2,21)22)4-3-5-16-15/h3-5,10-11H,6-9H2,1-2H3. The molecule has 1 saturated heterocycles. The predicted octanol–water partition coefficient (Wildman–Crippen LogP) is 0.910. The number of rotatable bonds is 3. The highest BCUT2D eigenvalue weighted by molar-refractivity contribution is 7.90. The van der Waals surface area contributed by atoms with Gasteiger partial charge in [-0.1, -0.05) is 0 Å². The second-order valence-corrected chi connectivity index (χ2v) is 7.57. The average Bonchev–Trinajstić information content (AvgIpc) is 2.54. The molecule has 122 valence electrons. The van der Waals surface area contributed by atoms with Gasteiger partial charge < -0.3 is 9.80 Å². The number of hydrogen-bond donors (Lipinski definition) is 0. The number of piperazine rings is 1. The van der Waals surface area contributed by atoms with Crippen LogP contribution in [0.5, 0.6) is 0 Å². The maximum absolute atomic E-state index is 11.9. The molecule has 0 atom stereocenters. The molecule has 0 aliphatic carbocycles. The third-order valence-corrected chi connectivity index (χ3v) is 4.96. The van der Waals surface area contributed by atoms with Crippen LogP contribution in [0.2, 0.25) is 0 Å². The van der Waals surface area contributed by atoms with Gasteiger partial charge in [-0.2, -0.15) is 0 Å². The van der Waals surface area contributed by atoms with Crippen molar-refractivity contribution in [3.05, 3.63) is 36.4 Å². The summed E-state index contributed by atoms with van der Waals surface area (Å²) in [5, 5.41) is 0. The van der Waals surface area contributed by atoms with Crippen LogP contribution in [0.1, 0.15) is 5.69 Å². The highest BCUT2D eigenvalue weighted by atomic mass is 32.2. The van der Waals surface area contributed by atoms with Crippen LogP contribution >= 0.6 is 0 Å². The molecule has 0 N–H and O–H groups in total. The number of nitrogens with zero attached hydrogens (tertiary/aromatic N) is 5. The Balaban J connectivity index is 1.78. The van der Waals surface area contributed by atoms with Gasteiger partial charge in [0.25, 0.3) is 0 Å². The Morgan fingerprint density at radius 3 is 2.39 bits per heavy atom. The number of aryl methyl sites for hydroxylation is 1. The molecular weight excluding hydrogens is 314 g/mol. The lowest BCUT2D eigenvalue weighted by molar-refractivity contribution is 0.598. The zero-order valence-corrected chi connectivity index (χ0v) is 14.0. The highest BCUT2D eigenvalue weighted by Gasteiger charge is 2.24. The largest absolute Gasteiger partial charge is 0.353 e. The Labute approximate surface area is 135 Å².